The molecule has 0 atom stereocenters. The number of fused-ring (bicyclic) bond motifs is 1. The Morgan fingerprint density at radius 3 is 2.87 bits per heavy atom. The lowest BCUT2D eigenvalue weighted by molar-refractivity contribution is 0.298. The maximum atomic E-state index is 5.56. The van der Waals surface area contributed by atoms with Gasteiger partial charge < -0.3 is 9.64 Å². The topological polar surface area (TPSA) is 25.4 Å². The van der Waals surface area contributed by atoms with Crippen LogP contribution >= 0.6 is 0 Å². The average Bonchev–Trinajstić information content (AvgIpc) is 2.17. The van der Waals surface area contributed by atoms with Crippen molar-refractivity contribution in [3.8, 4) is 5.88 Å². The van der Waals surface area contributed by atoms with E-state index in [0.717, 1.165) is 24.7 Å². The molecule has 1 aromatic heterocycles. The highest BCUT2D eigenvalue weighted by Crippen LogP contribution is 2.35. The molecule has 3 nitrogen and oxygen atoms in total. The Bertz CT molecular complexity index is 374. The number of aromatic nitrogens is 1. The van der Waals surface area contributed by atoms with Crippen molar-refractivity contribution in [2.75, 3.05) is 25.1 Å². The van der Waals surface area contributed by atoms with E-state index in [1.807, 2.05) is 6.20 Å². The van der Waals surface area contributed by atoms with E-state index in [4.69, 9.17) is 4.74 Å². The molecular formula is C12H18N2O. The highest BCUT2D eigenvalue weighted by molar-refractivity contribution is 5.63. The van der Waals surface area contributed by atoms with Crippen LogP contribution in [0, 0.1) is 6.92 Å². The number of anilines is 1. The summed E-state index contributed by atoms with van der Waals surface area (Å²) in [6.45, 7) is 8.22. The summed E-state index contributed by atoms with van der Waals surface area (Å²) in [5.74, 6) is 1.30. The number of hydrogen-bond donors (Lipinski definition) is 0. The predicted octanol–water partition coefficient (Wildman–Crippen LogP) is 2.34. The Balaban J connectivity index is 2.54. The summed E-state index contributed by atoms with van der Waals surface area (Å²) in [5, 5.41) is 0. The lowest BCUT2D eigenvalue weighted by Gasteiger charge is -2.29. The second-order valence-electron chi connectivity index (χ2n) is 4.42. The van der Waals surface area contributed by atoms with E-state index in [9.17, 15) is 0 Å². The lowest BCUT2D eigenvalue weighted by atomic mass is 9.98. The molecular weight excluding hydrogens is 188 g/mol. The lowest BCUT2D eigenvalue weighted by Crippen LogP contribution is -2.30. The number of likely N-dealkylation sites (N-methyl/N-ethyl adjacent to an activating group) is 1. The molecule has 0 radical (unpaired) electrons. The Morgan fingerprint density at radius 1 is 1.47 bits per heavy atom. The fourth-order valence-corrected chi connectivity index (χ4v) is 2.11. The van der Waals surface area contributed by atoms with Gasteiger partial charge in [0.15, 0.2) is 0 Å². The molecule has 1 aliphatic heterocycles. The molecule has 0 saturated heterocycles. The molecule has 82 valence electrons. The van der Waals surface area contributed by atoms with Crippen molar-refractivity contribution in [2.45, 2.75) is 26.7 Å². The van der Waals surface area contributed by atoms with E-state index >= 15 is 0 Å². The van der Waals surface area contributed by atoms with E-state index in [1.165, 1.54) is 11.1 Å². The van der Waals surface area contributed by atoms with Gasteiger partial charge in [0.2, 0.25) is 5.88 Å². The van der Waals surface area contributed by atoms with E-state index < -0.39 is 0 Å². The summed E-state index contributed by atoms with van der Waals surface area (Å²) in [7, 11) is 2.10. The van der Waals surface area contributed by atoms with Crippen LogP contribution in [0.3, 0.4) is 0 Å². The van der Waals surface area contributed by atoms with Crippen LogP contribution in [0.2, 0.25) is 0 Å². The van der Waals surface area contributed by atoms with Gasteiger partial charge in [0.1, 0.15) is 12.3 Å². The number of nitrogens with zero attached hydrogens (tertiary/aromatic N) is 2. The van der Waals surface area contributed by atoms with Crippen molar-refractivity contribution in [2.24, 2.45) is 0 Å². The Morgan fingerprint density at radius 2 is 2.20 bits per heavy atom. The predicted molar refractivity (Wildman–Crippen MR) is 61.8 cm³/mol. The molecule has 2 rings (SSSR count). The minimum Gasteiger partial charge on any atom is -0.474 e. The third-order valence-corrected chi connectivity index (χ3v) is 2.98. The highest BCUT2D eigenvalue weighted by atomic mass is 16.5. The smallest absolute Gasteiger partial charge is 0.237 e. The van der Waals surface area contributed by atoms with E-state index in [0.29, 0.717) is 5.92 Å². The van der Waals surface area contributed by atoms with Crippen molar-refractivity contribution >= 4 is 5.69 Å². The van der Waals surface area contributed by atoms with Crippen LogP contribution in [-0.4, -0.2) is 25.2 Å². The fourth-order valence-electron chi connectivity index (χ4n) is 2.11. The first-order valence-electron chi connectivity index (χ1n) is 5.44. The van der Waals surface area contributed by atoms with Crippen LogP contribution in [-0.2, 0) is 0 Å². The molecule has 0 spiro atoms. The van der Waals surface area contributed by atoms with Crippen LogP contribution in [0.4, 0.5) is 5.69 Å². The van der Waals surface area contributed by atoms with Gasteiger partial charge in [0.05, 0.1) is 6.54 Å². The molecule has 0 N–H and O–H groups in total. The standard InChI is InChI=1S/C12H18N2O/c1-8(2)10-7-13-12-11(9(10)3)14(4)5-6-15-12/h7-8H,5-6H2,1-4H3. The van der Waals surface area contributed by atoms with Crippen LogP contribution < -0.4 is 9.64 Å². The third-order valence-electron chi connectivity index (χ3n) is 2.98. The Kier molecular flexibility index (Phi) is 2.55. The van der Waals surface area contributed by atoms with Crippen LogP contribution in [0.5, 0.6) is 5.88 Å². The fraction of sp³-hybridized carbons (Fsp3) is 0.583. The van der Waals surface area contributed by atoms with E-state index in [2.05, 4.69) is 37.7 Å². The number of ether oxygens (including phenoxy) is 1. The summed E-state index contributed by atoms with van der Waals surface area (Å²) in [6.07, 6.45) is 1.94. The number of rotatable bonds is 1. The average molecular weight is 206 g/mol. The molecule has 0 fully saturated rings. The molecule has 1 aromatic rings. The SMILES string of the molecule is Cc1c(C(C)C)cnc2c1N(C)CCO2. The molecule has 0 bridgehead atoms. The van der Waals surface area contributed by atoms with Crippen molar-refractivity contribution in [1.82, 2.24) is 4.98 Å². The molecule has 0 saturated carbocycles. The summed E-state index contributed by atoms with van der Waals surface area (Å²) in [6, 6.07) is 0. The first-order chi connectivity index (χ1) is 7.11. The zero-order valence-electron chi connectivity index (χ0n) is 9.87. The normalized spacial score (nSPS) is 15.1. The molecule has 0 amide bonds. The maximum absolute atomic E-state index is 5.56. The molecule has 2 heterocycles. The maximum Gasteiger partial charge on any atom is 0.237 e. The minimum atomic E-state index is 0.512. The second kappa shape index (κ2) is 3.72. The molecule has 0 aliphatic carbocycles. The largest absolute Gasteiger partial charge is 0.474 e. The van der Waals surface area contributed by atoms with E-state index in [1.54, 1.807) is 0 Å². The summed E-state index contributed by atoms with van der Waals surface area (Å²) in [5.41, 5.74) is 3.77. The van der Waals surface area contributed by atoms with Gasteiger partial charge in [0, 0.05) is 13.2 Å². The quantitative estimate of drug-likeness (QED) is 0.705. The van der Waals surface area contributed by atoms with Gasteiger partial charge in [-0.05, 0) is 24.0 Å². The molecule has 3 heteroatoms. The van der Waals surface area contributed by atoms with Crippen molar-refractivity contribution in [1.29, 1.82) is 0 Å². The summed E-state index contributed by atoms with van der Waals surface area (Å²) in [4.78, 5) is 6.62. The zero-order valence-corrected chi connectivity index (χ0v) is 9.87. The van der Waals surface area contributed by atoms with Crippen molar-refractivity contribution in [3.63, 3.8) is 0 Å². The molecule has 15 heavy (non-hydrogen) atoms. The molecule has 1 aliphatic rings. The highest BCUT2D eigenvalue weighted by Gasteiger charge is 2.21. The second-order valence-corrected chi connectivity index (χ2v) is 4.42. The van der Waals surface area contributed by atoms with Gasteiger partial charge in [-0.25, -0.2) is 4.98 Å². The van der Waals surface area contributed by atoms with Gasteiger partial charge in [-0.15, -0.1) is 0 Å². The zero-order chi connectivity index (χ0) is 11.0. The minimum absolute atomic E-state index is 0.512. The first-order valence-corrected chi connectivity index (χ1v) is 5.44. The van der Waals surface area contributed by atoms with Gasteiger partial charge in [0.25, 0.3) is 0 Å². The van der Waals surface area contributed by atoms with Gasteiger partial charge in [-0.1, -0.05) is 13.8 Å². The Hall–Kier alpha value is -1.25. The number of hydrogen-bond acceptors (Lipinski definition) is 3. The van der Waals surface area contributed by atoms with Crippen LogP contribution in [0.1, 0.15) is 30.9 Å². The van der Waals surface area contributed by atoms with Gasteiger partial charge in [-0.3, -0.25) is 0 Å². The van der Waals surface area contributed by atoms with Crippen molar-refractivity contribution < 1.29 is 4.74 Å². The third kappa shape index (κ3) is 1.66. The van der Waals surface area contributed by atoms with Gasteiger partial charge >= 0.3 is 0 Å². The van der Waals surface area contributed by atoms with Crippen molar-refractivity contribution in [3.05, 3.63) is 17.3 Å². The molecule has 0 unspecified atom stereocenters. The Labute approximate surface area is 91.1 Å². The summed E-state index contributed by atoms with van der Waals surface area (Å²) < 4.78 is 5.56. The first kappa shape index (κ1) is 10.3. The van der Waals surface area contributed by atoms with E-state index in [-0.39, 0.29) is 0 Å². The van der Waals surface area contributed by atoms with Crippen LogP contribution in [0.25, 0.3) is 0 Å². The number of pyridine rings is 1. The van der Waals surface area contributed by atoms with Gasteiger partial charge in [-0.2, -0.15) is 0 Å². The molecule has 0 aromatic carbocycles. The van der Waals surface area contributed by atoms with Crippen LogP contribution in [0.15, 0.2) is 6.20 Å². The monoisotopic (exact) mass is 206 g/mol. The summed E-state index contributed by atoms with van der Waals surface area (Å²) >= 11 is 0.